The van der Waals surface area contributed by atoms with Crippen LogP contribution in [-0.2, 0) is 10.0 Å². The highest BCUT2D eigenvalue weighted by atomic mass is 79.9. The van der Waals surface area contributed by atoms with E-state index in [1.165, 1.54) is 10.3 Å². The van der Waals surface area contributed by atoms with Crippen molar-refractivity contribution >= 4 is 37.0 Å². The number of imidazole rings is 1. The summed E-state index contributed by atoms with van der Waals surface area (Å²) < 4.78 is 27.3. The van der Waals surface area contributed by atoms with Crippen LogP contribution in [0.5, 0.6) is 0 Å². The maximum Gasteiger partial charge on any atom is 0.269 e. The van der Waals surface area contributed by atoms with E-state index in [0.717, 1.165) is 10.0 Å². The predicted molar refractivity (Wildman–Crippen MR) is 81.2 cm³/mol. The van der Waals surface area contributed by atoms with Crippen molar-refractivity contribution in [2.24, 2.45) is 0 Å². The maximum absolute atomic E-state index is 12.6. The molecule has 0 fully saturated rings. The van der Waals surface area contributed by atoms with Gasteiger partial charge >= 0.3 is 0 Å². The van der Waals surface area contributed by atoms with E-state index in [4.69, 9.17) is 0 Å². The van der Waals surface area contributed by atoms with E-state index in [-0.39, 0.29) is 4.90 Å². The van der Waals surface area contributed by atoms with Crippen LogP contribution in [0.25, 0.3) is 11.0 Å². The normalized spacial score (nSPS) is 11.9. The molecule has 0 saturated heterocycles. The molecule has 0 bridgehead atoms. The lowest BCUT2D eigenvalue weighted by molar-refractivity contribution is 0.588. The molecule has 0 spiro atoms. The first-order chi connectivity index (χ1) is 9.48. The third kappa shape index (κ3) is 2.14. The molecule has 3 aromatic rings. The van der Waals surface area contributed by atoms with Crippen LogP contribution in [0.4, 0.5) is 0 Å². The monoisotopic (exact) mass is 350 g/mol. The lowest BCUT2D eigenvalue weighted by Crippen LogP contribution is -2.11. The molecule has 2 aromatic carbocycles. The summed E-state index contributed by atoms with van der Waals surface area (Å²) >= 11 is 3.35. The number of halogens is 1. The van der Waals surface area contributed by atoms with E-state index in [1.807, 2.05) is 13.0 Å². The van der Waals surface area contributed by atoms with E-state index in [9.17, 15) is 8.42 Å². The third-order valence-corrected chi connectivity index (χ3v) is 5.22. The molecule has 1 aromatic heterocycles. The zero-order valence-electron chi connectivity index (χ0n) is 10.6. The first-order valence-electron chi connectivity index (χ1n) is 5.93. The van der Waals surface area contributed by atoms with Crippen LogP contribution in [0.2, 0.25) is 0 Å². The molecule has 0 N–H and O–H groups in total. The minimum Gasteiger partial charge on any atom is -0.236 e. The topological polar surface area (TPSA) is 52.0 Å². The number of benzene rings is 2. The minimum absolute atomic E-state index is 0.252. The van der Waals surface area contributed by atoms with Crippen molar-refractivity contribution in [3.63, 3.8) is 0 Å². The number of aromatic nitrogens is 2. The van der Waals surface area contributed by atoms with Crippen LogP contribution in [0.1, 0.15) is 5.56 Å². The van der Waals surface area contributed by atoms with Gasteiger partial charge in [-0.3, -0.25) is 0 Å². The lowest BCUT2D eigenvalue weighted by atomic mass is 10.2. The summed E-state index contributed by atoms with van der Waals surface area (Å²) in [6.07, 6.45) is 1.34. The highest BCUT2D eigenvalue weighted by Gasteiger charge is 2.19. The highest BCUT2D eigenvalue weighted by molar-refractivity contribution is 9.10. The highest BCUT2D eigenvalue weighted by Crippen LogP contribution is 2.23. The number of nitrogens with zero attached hydrogens (tertiary/aromatic N) is 2. The summed E-state index contributed by atoms with van der Waals surface area (Å²) in [6, 6.07) is 12.1. The van der Waals surface area contributed by atoms with Crippen molar-refractivity contribution in [1.29, 1.82) is 0 Å². The van der Waals surface area contributed by atoms with Gasteiger partial charge in [-0.15, -0.1) is 0 Å². The molecule has 4 nitrogen and oxygen atoms in total. The third-order valence-electron chi connectivity index (χ3n) is 3.05. The number of hydrogen-bond donors (Lipinski definition) is 0. The molecule has 1 heterocycles. The van der Waals surface area contributed by atoms with Crippen LogP contribution in [0.3, 0.4) is 0 Å². The van der Waals surface area contributed by atoms with Gasteiger partial charge in [0.1, 0.15) is 6.33 Å². The van der Waals surface area contributed by atoms with E-state index in [0.29, 0.717) is 11.0 Å². The molecule has 3 rings (SSSR count). The molecular formula is C14H11BrN2O2S. The van der Waals surface area contributed by atoms with Crippen LogP contribution in [0, 0.1) is 6.92 Å². The molecule has 102 valence electrons. The standard InChI is InChI=1S/C14H11BrN2O2S/c1-10-2-5-12(6-3-10)20(18,19)17-9-16-13-7-4-11(15)8-14(13)17/h2-9H,1H3. The van der Waals surface area contributed by atoms with Gasteiger partial charge in [-0.2, -0.15) is 0 Å². The molecule has 20 heavy (non-hydrogen) atoms. The predicted octanol–water partition coefficient (Wildman–Crippen LogP) is 3.34. The second kappa shape index (κ2) is 4.71. The van der Waals surface area contributed by atoms with Gasteiger partial charge in [0.25, 0.3) is 10.0 Å². The number of rotatable bonds is 2. The molecule has 0 radical (unpaired) electrons. The Morgan fingerprint density at radius 3 is 2.50 bits per heavy atom. The van der Waals surface area contributed by atoms with Gasteiger partial charge in [-0.05, 0) is 37.3 Å². The van der Waals surface area contributed by atoms with Gasteiger partial charge in [0.2, 0.25) is 0 Å². The fourth-order valence-corrected chi connectivity index (χ4v) is 3.61. The Labute approximate surface area is 125 Å². The van der Waals surface area contributed by atoms with Crippen molar-refractivity contribution in [1.82, 2.24) is 8.96 Å². The molecule has 0 atom stereocenters. The van der Waals surface area contributed by atoms with Gasteiger partial charge in [0.15, 0.2) is 0 Å². The molecule has 6 heteroatoms. The van der Waals surface area contributed by atoms with Crippen LogP contribution in [0.15, 0.2) is 58.2 Å². The summed E-state index contributed by atoms with van der Waals surface area (Å²) in [4.78, 5) is 4.38. The molecule has 0 aliphatic rings. The maximum atomic E-state index is 12.6. The van der Waals surface area contributed by atoms with Crippen molar-refractivity contribution < 1.29 is 8.42 Å². The Kier molecular flexibility index (Phi) is 3.14. The Morgan fingerprint density at radius 2 is 1.80 bits per heavy atom. The molecule has 0 amide bonds. The summed E-state index contributed by atoms with van der Waals surface area (Å²) in [5.41, 5.74) is 2.21. The molecule has 0 aliphatic carbocycles. The summed E-state index contributed by atoms with van der Waals surface area (Å²) in [6.45, 7) is 1.92. The van der Waals surface area contributed by atoms with E-state index in [1.54, 1.807) is 36.4 Å². The van der Waals surface area contributed by atoms with Crippen molar-refractivity contribution in [2.45, 2.75) is 11.8 Å². The van der Waals surface area contributed by atoms with Gasteiger partial charge < -0.3 is 0 Å². The van der Waals surface area contributed by atoms with Crippen LogP contribution >= 0.6 is 15.9 Å². The second-order valence-electron chi connectivity index (χ2n) is 4.49. The molecule has 0 saturated carbocycles. The zero-order valence-corrected chi connectivity index (χ0v) is 13.0. The fraction of sp³-hybridized carbons (Fsp3) is 0.0714. The number of hydrogen-bond acceptors (Lipinski definition) is 3. The Bertz CT molecular complexity index is 883. The number of fused-ring (bicyclic) bond motifs is 1. The average Bonchev–Trinajstić information content (AvgIpc) is 2.82. The van der Waals surface area contributed by atoms with Crippen LogP contribution < -0.4 is 0 Å². The van der Waals surface area contributed by atoms with Gasteiger partial charge in [-0.1, -0.05) is 33.6 Å². The Morgan fingerprint density at radius 1 is 1.10 bits per heavy atom. The molecule has 0 unspecified atom stereocenters. The lowest BCUT2D eigenvalue weighted by Gasteiger charge is -2.07. The van der Waals surface area contributed by atoms with E-state index < -0.39 is 10.0 Å². The molecule has 0 aliphatic heterocycles. The van der Waals surface area contributed by atoms with Gasteiger partial charge in [-0.25, -0.2) is 17.4 Å². The second-order valence-corrected chi connectivity index (χ2v) is 7.22. The fourth-order valence-electron chi connectivity index (χ4n) is 1.97. The largest absolute Gasteiger partial charge is 0.269 e. The van der Waals surface area contributed by atoms with Crippen molar-refractivity contribution in [3.8, 4) is 0 Å². The first-order valence-corrected chi connectivity index (χ1v) is 8.17. The van der Waals surface area contributed by atoms with Crippen LogP contribution in [-0.4, -0.2) is 17.4 Å². The Hall–Kier alpha value is -1.66. The van der Waals surface area contributed by atoms with Gasteiger partial charge in [0, 0.05) is 4.47 Å². The summed E-state index contributed by atoms with van der Waals surface area (Å²) in [5, 5.41) is 0. The van der Waals surface area contributed by atoms with E-state index >= 15 is 0 Å². The average molecular weight is 351 g/mol. The van der Waals surface area contributed by atoms with Crippen molar-refractivity contribution in [3.05, 3.63) is 58.8 Å². The smallest absolute Gasteiger partial charge is 0.236 e. The van der Waals surface area contributed by atoms with Crippen molar-refractivity contribution in [2.75, 3.05) is 0 Å². The summed E-state index contributed by atoms with van der Waals surface area (Å²) in [7, 11) is -3.62. The zero-order chi connectivity index (χ0) is 14.3. The summed E-state index contributed by atoms with van der Waals surface area (Å²) in [5.74, 6) is 0. The Balaban J connectivity index is 2.23. The molecular weight excluding hydrogens is 340 g/mol. The first kappa shape index (κ1) is 13.3. The minimum atomic E-state index is -3.62. The SMILES string of the molecule is Cc1ccc(S(=O)(=O)n2cnc3ccc(Br)cc32)cc1. The van der Waals surface area contributed by atoms with Gasteiger partial charge in [0.05, 0.1) is 15.9 Å². The number of aryl methyl sites for hydroxylation is 1. The quantitative estimate of drug-likeness (QED) is 0.712. The van der Waals surface area contributed by atoms with E-state index in [2.05, 4.69) is 20.9 Å².